The summed E-state index contributed by atoms with van der Waals surface area (Å²) in [4.78, 5) is 18.9. The molecule has 3 N–H and O–H groups in total. The van der Waals surface area contributed by atoms with E-state index < -0.39 is 0 Å². The van der Waals surface area contributed by atoms with E-state index in [-0.39, 0.29) is 11.4 Å². The van der Waals surface area contributed by atoms with Crippen molar-refractivity contribution in [1.82, 2.24) is 19.8 Å². The maximum Gasteiger partial charge on any atom is 0.317 e. The van der Waals surface area contributed by atoms with Crippen molar-refractivity contribution >= 4 is 6.03 Å². The lowest BCUT2D eigenvalue weighted by Crippen LogP contribution is -2.60. The van der Waals surface area contributed by atoms with Crippen LogP contribution in [0.5, 0.6) is 0 Å². The van der Waals surface area contributed by atoms with Crippen molar-refractivity contribution in [2.45, 2.75) is 51.1 Å². The van der Waals surface area contributed by atoms with Gasteiger partial charge in [-0.3, -0.25) is 0 Å². The Balaban J connectivity index is 1.63. The Labute approximate surface area is 132 Å². The van der Waals surface area contributed by atoms with Crippen LogP contribution < -0.4 is 11.1 Å². The molecule has 1 aliphatic heterocycles. The number of nitrogens with two attached hydrogens (primary N) is 1. The van der Waals surface area contributed by atoms with Gasteiger partial charge in [-0.1, -0.05) is 6.42 Å². The first kappa shape index (κ1) is 15.3. The fourth-order valence-corrected chi connectivity index (χ4v) is 3.94. The number of aromatic nitrogens is 2. The van der Waals surface area contributed by atoms with Crippen LogP contribution >= 0.6 is 0 Å². The normalized spacial score (nSPS) is 23.9. The van der Waals surface area contributed by atoms with Gasteiger partial charge in [-0.2, -0.15) is 0 Å². The van der Waals surface area contributed by atoms with Gasteiger partial charge in [0.15, 0.2) is 0 Å². The van der Waals surface area contributed by atoms with Gasteiger partial charge in [-0.15, -0.1) is 0 Å². The van der Waals surface area contributed by atoms with Crippen LogP contribution in [-0.2, 0) is 13.6 Å². The summed E-state index contributed by atoms with van der Waals surface area (Å²) in [7, 11) is 1.93. The summed E-state index contributed by atoms with van der Waals surface area (Å²) in [6, 6.07) is 0.346. The molecule has 0 radical (unpaired) electrons. The molecule has 0 aromatic carbocycles. The number of carbonyl (C=O) groups is 1. The molecule has 1 aromatic heterocycles. The molecule has 1 saturated heterocycles. The molecule has 1 aliphatic carbocycles. The zero-order valence-electron chi connectivity index (χ0n) is 13.4. The lowest BCUT2D eigenvalue weighted by atomic mass is 9.62. The Morgan fingerprint density at radius 3 is 2.86 bits per heavy atom. The highest BCUT2D eigenvalue weighted by molar-refractivity contribution is 5.74. The van der Waals surface area contributed by atoms with Crippen molar-refractivity contribution in [2.24, 2.45) is 18.2 Å². The van der Waals surface area contributed by atoms with E-state index in [1.807, 2.05) is 22.7 Å². The van der Waals surface area contributed by atoms with Crippen LogP contribution in [-0.4, -0.2) is 39.6 Å². The monoisotopic (exact) mass is 305 g/mol. The number of amides is 2. The van der Waals surface area contributed by atoms with Crippen molar-refractivity contribution in [3.05, 3.63) is 18.2 Å². The first-order valence-electron chi connectivity index (χ1n) is 8.36. The van der Waals surface area contributed by atoms with Crippen molar-refractivity contribution in [3.63, 3.8) is 0 Å². The van der Waals surface area contributed by atoms with Gasteiger partial charge in [0.25, 0.3) is 0 Å². The molecule has 2 aliphatic rings. The second-order valence-electron chi connectivity index (χ2n) is 6.81. The van der Waals surface area contributed by atoms with Gasteiger partial charge in [0.1, 0.15) is 0 Å². The number of piperidine rings is 1. The standard InChI is InChI=1S/C16H27N5O/c1-20-10-13(19-12-20)9-18-15(22)21-8-3-2-5-14(21)16(11-17)6-4-7-16/h10,12,14H,2-9,11,17H2,1H3,(H,18,22). The van der Waals surface area contributed by atoms with Gasteiger partial charge in [0.2, 0.25) is 0 Å². The quantitative estimate of drug-likeness (QED) is 0.887. The zero-order chi connectivity index (χ0) is 15.6. The molecule has 0 bridgehead atoms. The van der Waals surface area contributed by atoms with Crippen LogP contribution in [0, 0.1) is 5.41 Å². The average Bonchev–Trinajstić information content (AvgIpc) is 2.90. The second kappa shape index (κ2) is 6.28. The van der Waals surface area contributed by atoms with Crippen molar-refractivity contribution in [1.29, 1.82) is 0 Å². The molecule has 6 nitrogen and oxygen atoms in total. The summed E-state index contributed by atoms with van der Waals surface area (Å²) in [6.07, 6.45) is 10.6. The molecule has 1 saturated carbocycles. The summed E-state index contributed by atoms with van der Waals surface area (Å²) in [5.41, 5.74) is 7.12. The minimum Gasteiger partial charge on any atom is -0.340 e. The van der Waals surface area contributed by atoms with E-state index >= 15 is 0 Å². The van der Waals surface area contributed by atoms with Gasteiger partial charge in [-0.25, -0.2) is 9.78 Å². The molecule has 2 heterocycles. The number of carbonyl (C=O) groups excluding carboxylic acids is 1. The molecule has 3 rings (SSSR count). The summed E-state index contributed by atoms with van der Waals surface area (Å²) >= 11 is 0. The van der Waals surface area contributed by atoms with Gasteiger partial charge >= 0.3 is 6.03 Å². The van der Waals surface area contributed by atoms with Crippen molar-refractivity contribution in [3.8, 4) is 0 Å². The number of aryl methyl sites for hydroxylation is 1. The van der Waals surface area contributed by atoms with Crippen LogP contribution in [0.4, 0.5) is 4.79 Å². The third-order valence-electron chi connectivity index (χ3n) is 5.41. The van der Waals surface area contributed by atoms with E-state index in [0.29, 0.717) is 19.1 Å². The van der Waals surface area contributed by atoms with Crippen LogP contribution in [0.2, 0.25) is 0 Å². The van der Waals surface area contributed by atoms with Crippen LogP contribution in [0.25, 0.3) is 0 Å². The van der Waals surface area contributed by atoms with E-state index in [9.17, 15) is 4.79 Å². The van der Waals surface area contributed by atoms with E-state index in [1.54, 1.807) is 6.33 Å². The largest absolute Gasteiger partial charge is 0.340 e. The fourth-order valence-electron chi connectivity index (χ4n) is 3.94. The first-order valence-corrected chi connectivity index (χ1v) is 8.36. The van der Waals surface area contributed by atoms with Crippen molar-refractivity contribution in [2.75, 3.05) is 13.1 Å². The van der Waals surface area contributed by atoms with Gasteiger partial charge < -0.3 is 20.5 Å². The molecule has 22 heavy (non-hydrogen) atoms. The Kier molecular flexibility index (Phi) is 4.38. The summed E-state index contributed by atoms with van der Waals surface area (Å²) in [5.74, 6) is 0. The van der Waals surface area contributed by atoms with Gasteiger partial charge in [0, 0.05) is 31.2 Å². The van der Waals surface area contributed by atoms with Crippen LogP contribution in [0.15, 0.2) is 12.5 Å². The smallest absolute Gasteiger partial charge is 0.317 e. The Morgan fingerprint density at radius 1 is 1.45 bits per heavy atom. The molecule has 6 heteroatoms. The number of likely N-dealkylation sites (tertiary alicyclic amines) is 1. The second-order valence-corrected chi connectivity index (χ2v) is 6.81. The molecule has 122 valence electrons. The molecule has 0 spiro atoms. The molecule has 1 atom stereocenters. The summed E-state index contributed by atoms with van der Waals surface area (Å²) in [6.45, 7) is 2.03. The van der Waals surface area contributed by atoms with Gasteiger partial charge in [0.05, 0.1) is 18.6 Å². The van der Waals surface area contributed by atoms with Crippen LogP contribution in [0.1, 0.15) is 44.2 Å². The van der Waals surface area contributed by atoms with Gasteiger partial charge in [-0.05, 0) is 38.6 Å². The molecular weight excluding hydrogens is 278 g/mol. The topological polar surface area (TPSA) is 76.2 Å². The number of hydrogen-bond donors (Lipinski definition) is 2. The summed E-state index contributed by atoms with van der Waals surface area (Å²) in [5, 5.41) is 3.03. The number of urea groups is 1. The predicted octanol–water partition coefficient (Wildman–Crippen LogP) is 1.61. The molecule has 2 fully saturated rings. The third-order valence-corrected chi connectivity index (χ3v) is 5.41. The first-order chi connectivity index (χ1) is 10.6. The lowest BCUT2D eigenvalue weighted by Gasteiger charge is -2.53. The zero-order valence-corrected chi connectivity index (χ0v) is 13.4. The SMILES string of the molecule is Cn1cnc(CNC(=O)N2CCCCC2C2(CN)CCC2)c1. The summed E-state index contributed by atoms with van der Waals surface area (Å²) < 4.78 is 1.89. The highest BCUT2D eigenvalue weighted by atomic mass is 16.2. The molecule has 1 unspecified atom stereocenters. The molecular formula is C16H27N5O. The number of imidazole rings is 1. The third kappa shape index (κ3) is 2.84. The maximum atomic E-state index is 12.6. The minimum atomic E-state index is 0.0371. The Hall–Kier alpha value is -1.56. The molecule has 2 amide bonds. The Bertz CT molecular complexity index is 517. The fraction of sp³-hybridized carbons (Fsp3) is 0.750. The van der Waals surface area contributed by atoms with E-state index in [2.05, 4.69) is 10.3 Å². The lowest BCUT2D eigenvalue weighted by molar-refractivity contribution is 0.00421. The predicted molar refractivity (Wildman–Crippen MR) is 85.1 cm³/mol. The van der Waals surface area contributed by atoms with E-state index in [0.717, 1.165) is 37.9 Å². The average molecular weight is 305 g/mol. The number of hydrogen-bond acceptors (Lipinski definition) is 3. The Morgan fingerprint density at radius 2 is 2.27 bits per heavy atom. The highest BCUT2D eigenvalue weighted by Gasteiger charge is 2.47. The maximum absolute atomic E-state index is 12.6. The number of nitrogens with one attached hydrogen (secondary N) is 1. The highest BCUT2D eigenvalue weighted by Crippen LogP contribution is 2.47. The number of nitrogens with zero attached hydrogens (tertiary/aromatic N) is 3. The number of rotatable bonds is 4. The van der Waals surface area contributed by atoms with Crippen molar-refractivity contribution < 1.29 is 4.79 Å². The van der Waals surface area contributed by atoms with Crippen LogP contribution in [0.3, 0.4) is 0 Å². The van der Waals surface area contributed by atoms with E-state index in [1.165, 1.54) is 12.8 Å². The molecule has 1 aromatic rings. The minimum absolute atomic E-state index is 0.0371. The van der Waals surface area contributed by atoms with E-state index in [4.69, 9.17) is 5.73 Å².